The Labute approximate surface area is 101 Å². The Hall–Kier alpha value is -0.950. The number of hydrogen-bond acceptors (Lipinski definition) is 3. The number of aliphatic hydroxyl groups is 1. The van der Waals surface area contributed by atoms with Gasteiger partial charge in [0.1, 0.15) is 5.69 Å². The molecule has 2 rings (SSSR count). The van der Waals surface area contributed by atoms with Crippen LogP contribution in [0.5, 0.6) is 0 Å². The van der Waals surface area contributed by atoms with E-state index < -0.39 is 0 Å². The Kier molecular flexibility index (Phi) is 3.01. The van der Waals surface area contributed by atoms with Crippen LogP contribution in [0.2, 0.25) is 0 Å². The van der Waals surface area contributed by atoms with Gasteiger partial charge in [0, 0.05) is 3.57 Å². The van der Waals surface area contributed by atoms with Crippen LogP contribution in [0.3, 0.4) is 0 Å². The molecule has 4 nitrogen and oxygen atoms in total. The van der Waals surface area contributed by atoms with Crippen LogP contribution in [0.4, 0.5) is 0 Å². The number of aryl methyl sites for hydroxylation is 1. The van der Waals surface area contributed by atoms with Gasteiger partial charge in [0.05, 0.1) is 18.5 Å². The maximum Gasteiger partial charge on any atom is 0.109 e. The smallest absolute Gasteiger partial charge is 0.109 e. The van der Waals surface area contributed by atoms with Crippen LogP contribution in [0.1, 0.15) is 11.3 Å². The average Bonchev–Trinajstić information content (AvgIpc) is 2.70. The number of halogens is 1. The average molecular weight is 315 g/mol. The third kappa shape index (κ3) is 2.18. The lowest BCUT2D eigenvalue weighted by Gasteiger charge is -2.02. The third-order valence-corrected chi connectivity index (χ3v) is 3.28. The summed E-state index contributed by atoms with van der Waals surface area (Å²) in [5.41, 5.74) is 2.77. The molecular weight excluding hydrogens is 305 g/mol. The molecular formula is C10H10IN3O. The number of aromatic nitrogens is 3. The first-order chi connectivity index (χ1) is 7.20. The van der Waals surface area contributed by atoms with Gasteiger partial charge < -0.3 is 5.11 Å². The summed E-state index contributed by atoms with van der Waals surface area (Å²) < 4.78 is 2.85. The van der Waals surface area contributed by atoms with Crippen molar-refractivity contribution in [2.45, 2.75) is 13.5 Å². The Morgan fingerprint density at radius 2 is 2.27 bits per heavy atom. The van der Waals surface area contributed by atoms with Crippen molar-refractivity contribution in [3.05, 3.63) is 39.2 Å². The topological polar surface area (TPSA) is 50.9 Å². The van der Waals surface area contributed by atoms with E-state index in [2.05, 4.69) is 39.8 Å². The summed E-state index contributed by atoms with van der Waals surface area (Å²) in [6.07, 6.45) is 1.72. The molecule has 1 heterocycles. The first-order valence-corrected chi connectivity index (χ1v) is 5.57. The molecule has 0 atom stereocenters. The molecule has 0 amide bonds. The molecule has 0 aliphatic rings. The van der Waals surface area contributed by atoms with Crippen molar-refractivity contribution in [1.82, 2.24) is 15.0 Å². The molecule has 0 spiro atoms. The lowest BCUT2D eigenvalue weighted by molar-refractivity contribution is 0.276. The minimum absolute atomic E-state index is 0.0804. The second-order valence-electron chi connectivity index (χ2n) is 3.25. The van der Waals surface area contributed by atoms with Gasteiger partial charge in [-0.2, -0.15) is 0 Å². The van der Waals surface area contributed by atoms with E-state index in [4.69, 9.17) is 5.11 Å². The molecule has 1 N–H and O–H groups in total. The zero-order chi connectivity index (χ0) is 10.8. The molecule has 2 aromatic rings. The van der Waals surface area contributed by atoms with Crippen molar-refractivity contribution < 1.29 is 5.11 Å². The van der Waals surface area contributed by atoms with Crippen LogP contribution in [0.15, 0.2) is 24.4 Å². The maximum atomic E-state index is 8.88. The normalized spacial score (nSPS) is 10.6. The molecule has 15 heavy (non-hydrogen) atoms. The number of aliphatic hydroxyl groups excluding tert-OH is 1. The van der Waals surface area contributed by atoms with E-state index in [-0.39, 0.29) is 6.61 Å². The zero-order valence-electron chi connectivity index (χ0n) is 8.18. The lowest BCUT2D eigenvalue weighted by atomic mass is 10.2. The summed E-state index contributed by atoms with van der Waals surface area (Å²) in [5, 5.41) is 16.6. The molecule has 0 aliphatic heterocycles. The highest BCUT2D eigenvalue weighted by Crippen LogP contribution is 2.16. The zero-order valence-corrected chi connectivity index (χ0v) is 10.3. The minimum Gasteiger partial charge on any atom is -0.390 e. The summed E-state index contributed by atoms with van der Waals surface area (Å²) in [6, 6.07) is 6.05. The Balaban J connectivity index is 2.40. The van der Waals surface area contributed by atoms with Gasteiger partial charge in [0.2, 0.25) is 0 Å². The highest BCUT2D eigenvalue weighted by molar-refractivity contribution is 14.1. The van der Waals surface area contributed by atoms with E-state index in [0.717, 1.165) is 5.69 Å². The minimum atomic E-state index is -0.0804. The summed E-state index contributed by atoms with van der Waals surface area (Å²) in [7, 11) is 0. The molecule has 0 fully saturated rings. The fraction of sp³-hybridized carbons (Fsp3) is 0.200. The van der Waals surface area contributed by atoms with Crippen LogP contribution in [0.25, 0.3) is 5.69 Å². The molecule has 0 saturated heterocycles. The molecule has 0 aliphatic carbocycles. The predicted molar refractivity (Wildman–Crippen MR) is 64.7 cm³/mol. The molecule has 0 saturated carbocycles. The van der Waals surface area contributed by atoms with E-state index in [1.165, 1.54) is 9.13 Å². The van der Waals surface area contributed by atoms with E-state index >= 15 is 0 Å². The van der Waals surface area contributed by atoms with Crippen LogP contribution < -0.4 is 0 Å². The summed E-state index contributed by atoms with van der Waals surface area (Å²) in [5.74, 6) is 0. The number of rotatable bonds is 2. The first-order valence-electron chi connectivity index (χ1n) is 4.49. The number of nitrogens with zero attached hydrogens (tertiary/aromatic N) is 3. The van der Waals surface area contributed by atoms with E-state index in [1.54, 1.807) is 10.9 Å². The van der Waals surface area contributed by atoms with Crippen molar-refractivity contribution in [2.75, 3.05) is 0 Å². The molecule has 78 valence electrons. The quantitative estimate of drug-likeness (QED) is 0.858. The van der Waals surface area contributed by atoms with Crippen molar-refractivity contribution in [2.24, 2.45) is 0 Å². The van der Waals surface area contributed by atoms with Crippen molar-refractivity contribution >= 4 is 22.6 Å². The van der Waals surface area contributed by atoms with Crippen LogP contribution in [0, 0.1) is 10.5 Å². The van der Waals surface area contributed by atoms with Crippen molar-refractivity contribution in [1.29, 1.82) is 0 Å². The van der Waals surface area contributed by atoms with Gasteiger partial charge in [-0.25, -0.2) is 4.68 Å². The standard InChI is InChI=1S/C10H10IN3O/c1-7-2-3-9(4-10(7)11)14-5-8(6-15)12-13-14/h2-5,15H,6H2,1H3. The number of hydrogen-bond donors (Lipinski definition) is 1. The van der Waals surface area contributed by atoms with Crippen LogP contribution in [-0.4, -0.2) is 20.1 Å². The highest BCUT2D eigenvalue weighted by atomic mass is 127. The monoisotopic (exact) mass is 315 g/mol. The van der Waals surface area contributed by atoms with Crippen LogP contribution in [-0.2, 0) is 6.61 Å². The predicted octanol–water partition coefficient (Wildman–Crippen LogP) is 1.67. The third-order valence-electron chi connectivity index (χ3n) is 2.12. The molecule has 0 radical (unpaired) electrons. The largest absolute Gasteiger partial charge is 0.390 e. The van der Waals surface area contributed by atoms with Crippen LogP contribution >= 0.6 is 22.6 Å². The summed E-state index contributed by atoms with van der Waals surface area (Å²) >= 11 is 2.28. The van der Waals surface area contributed by atoms with E-state index in [1.807, 2.05) is 18.2 Å². The van der Waals surface area contributed by atoms with E-state index in [0.29, 0.717) is 5.69 Å². The Bertz CT molecular complexity index is 481. The Morgan fingerprint density at radius 3 is 2.87 bits per heavy atom. The van der Waals surface area contributed by atoms with Gasteiger partial charge >= 0.3 is 0 Å². The molecule has 0 bridgehead atoms. The van der Waals surface area contributed by atoms with Gasteiger partial charge in [-0.1, -0.05) is 11.3 Å². The fourth-order valence-electron chi connectivity index (χ4n) is 1.22. The van der Waals surface area contributed by atoms with Gasteiger partial charge in [-0.15, -0.1) is 5.10 Å². The maximum absolute atomic E-state index is 8.88. The van der Waals surface area contributed by atoms with Gasteiger partial charge in [0.15, 0.2) is 0 Å². The van der Waals surface area contributed by atoms with Gasteiger partial charge in [0.25, 0.3) is 0 Å². The second-order valence-corrected chi connectivity index (χ2v) is 4.41. The van der Waals surface area contributed by atoms with Gasteiger partial charge in [-0.3, -0.25) is 0 Å². The molecule has 0 unspecified atom stereocenters. The summed E-state index contributed by atoms with van der Waals surface area (Å²) in [6.45, 7) is 1.98. The first kappa shape index (κ1) is 10.6. The fourth-order valence-corrected chi connectivity index (χ4v) is 1.72. The molecule has 1 aromatic carbocycles. The van der Waals surface area contributed by atoms with E-state index in [9.17, 15) is 0 Å². The van der Waals surface area contributed by atoms with Crippen molar-refractivity contribution in [3.8, 4) is 5.69 Å². The SMILES string of the molecule is Cc1ccc(-n2cc(CO)nn2)cc1I. The van der Waals surface area contributed by atoms with Gasteiger partial charge in [-0.05, 0) is 47.2 Å². The summed E-state index contributed by atoms with van der Waals surface area (Å²) in [4.78, 5) is 0. The second kappa shape index (κ2) is 4.28. The van der Waals surface area contributed by atoms with Crippen molar-refractivity contribution in [3.63, 3.8) is 0 Å². The lowest BCUT2D eigenvalue weighted by Crippen LogP contribution is -1.96. The molecule has 5 heteroatoms. The Morgan fingerprint density at radius 1 is 1.47 bits per heavy atom. The number of benzene rings is 1. The molecule has 1 aromatic heterocycles. The highest BCUT2D eigenvalue weighted by Gasteiger charge is 2.03.